The molecule has 0 aliphatic carbocycles. The molecule has 2 aromatic rings. The summed E-state index contributed by atoms with van der Waals surface area (Å²) < 4.78 is 53.7. The van der Waals surface area contributed by atoms with Gasteiger partial charge in [-0.1, -0.05) is 0 Å². The van der Waals surface area contributed by atoms with Crippen LogP contribution in [0.2, 0.25) is 0 Å². The van der Waals surface area contributed by atoms with Crippen molar-refractivity contribution in [3.63, 3.8) is 0 Å². The largest absolute Gasteiger partial charge is 0.493 e. The van der Waals surface area contributed by atoms with Gasteiger partial charge in [-0.05, 0) is 52.1 Å². The van der Waals surface area contributed by atoms with Crippen molar-refractivity contribution in [1.82, 2.24) is 10.6 Å². The third-order valence-corrected chi connectivity index (χ3v) is 6.61. The van der Waals surface area contributed by atoms with Crippen molar-refractivity contribution in [3.8, 4) is 34.5 Å². The molecule has 0 heterocycles. The lowest BCUT2D eigenvalue weighted by molar-refractivity contribution is -0.131. The summed E-state index contributed by atoms with van der Waals surface area (Å²) >= 11 is 10.6. The number of ether oxygens (including phenoxy) is 10. The molecule has 272 valence electrons. The number of hydrogen-bond acceptors (Lipinski definition) is 12. The van der Waals surface area contributed by atoms with Crippen LogP contribution >= 0.6 is 24.4 Å². The van der Waals surface area contributed by atoms with Crippen LogP contribution in [0.3, 0.4) is 0 Å². The number of methoxy groups -OCH3 is 6. The molecule has 14 nitrogen and oxygen atoms in total. The van der Waals surface area contributed by atoms with E-state index in [1.807, 2.05) is 27.7 Å². The van der Waals surface area contributed by atoms with E-state index in [1.165, 1.54) is 0 Å². The molecule has 0 aromatic heterocycles. The van der Waals surface area contributed by atoms with Crippen LogP contribution in [-0.4, -0.2) is 105 Å². The van der Waals surface area contributed by atoms with Gasteiger partial charge in [0.1, 0.15) is 0 Å². The number of anilines is 2. The van der Waals surface area contributed by atoms with Gasteiger partial charge in [-0.25, -0.2) is 0 Å². The van der Waals surface area contributed by atoms with E-state index in [1.54, 1.807) is 66.9 Å². The normalized spacial score (nSPS) is 10.4. The minimum atomic E-state index is -0.348. The predicted octanol–water partition coefficient (Wildman–Crippen LogP) is 4.80. The van der Waals surface area contributed by atoms with Crippen molar-refractivity contribution >= 4 is 46.0 Å². The second kappa shape index (κ2) is 24.6. The van der Waals surface area contributed by atoms with Crippen LogP contribution in [0.15, 0.2) is 24.3 Å². The highest BCUT2D eigenvalue weighted by molar-refractivity contribution is 7.80. The quantitative estimate of drug-likeness (QED) is 0.110. The lowest BCUT2D eigenvalue weighted by atomic mass is 10.2. The number of thiocarbonyl (C=S) groups is 2. The Morgan fingerprint density at radius 1 is 0.500 bits per heavy atom. The zero-order chi connectivity index (χ0) is 35.9. The highest BCUT2D eigenvalue weighted by Crippen LogP contribution is 2.40. The SMILES string of the molecule is CCOC(CNC(=S)Nc1cc(OC)c(OC)c(OC)c1)OCC.CCOC(CNC(=S)Nc1cc(OC)c(OC)c(OC)c1)OCC. The molecule has 0 spiro atoms. The van der Waals surface area contributed by atoms with E-state index >= 15 is 0 Å². The Bertz CT molecular complexity index is 1090. The van der Waals surface area contributed by atoms with E-state index in [-0.39, 0.29) is 12.6 Å². The first-order valence-electron chi connectivity index (χ1n) is 15.3. The molecule has 0 fully saturated rings. The molecule has 0 radical (unpaired) electrons. The van der Waals surface area contributed by atoms with Crippen LogP contribution in [0.5, 0.6) is 34.5 Å². The van der Waals surface area contributed by atoms with Crippen molar-refractivity contribution < 1.29 is 47.4 Å². The average molecular weight is 717 g/mol. The third kappa shape index (κ3) is 14.7. The smallest absolute Gasteiger partial charge is 0.203 e. The fourth-order valence-electron chi connectivity index (χ4n) is 4.08. The minimum Gasteiger partial charge on any atom is -0.493 e. The van der Waals surface area contributed by atoms with Crippen LogP contribution in [0.25, 0.3) is 0 Å². The van der Waals surface area contributed by atoms with Crippen LogP contribution in [0, 0.1) is 0 Å². The molecule has 48 heavy (non-hydrogen) atoms. The highest BCUT2D eigenvalue weighted by atomic mass is 32.1. The second-order valence-corrected chi connectivity index (χ2v) is 10.00. The molecule has 0 unspecified atom stereocenters. The molecule has 0 bridgehead atoms. The van der Waals surface area contributed by atoms with E-state index < -0.39 is 0 Å². The molecular formula is C32H52N4O10S2. The maximum atomic E-state index is 5.46. The van der Waals surface area contributed by atoms with Gasteiger partial charge < -0.3 is 68.6 Å². The van der Waals surface area contributed by atoms with Gasteiger partial charge in [-0.3, -0.25) is 0 Å². The zero-order valence-electron chi connectivity index (χ0n) is 29.6. The molecular weight excluding hydrogens is 665 g/mol. The highest BCUT2D eigenvalue weighted by Gasteiger charge is 2.16. The van der Waals surface area contributed by atoms with Gasteiger partial charge in [0.2, 0.25) is 11.5 Å². The zero-order valence-corrected chi connectivity index (χ0v) is 31.2. The van der Waals surface area contributed by atoms with E-state index in [2.05, 4.69) is 21.3 Å². The van der Waals surface area contributed by atoms with Crippen LogP contribution in [-0.2, 0) is 18.9 Å². The first kappa shape index (κ1) is 42.5. The Balaban J connectivity index is 0.000000480. The molecule has 0 atom stereocenters. The summed E-state index contributed by atoms with van der Waals surface area (Å²) in [6, 6.07) is 7.10. The first-order valence-corrected chi connectivity index (χ1v) is 16.2. The van der Waals surface area contributed by atoms with Crippen molar-refractivity contribution in [2.75, 3.05) is 92.8 Å². The van der Waals surface area contributed by atoms with Crippen molar-refractivity contribution in [3.05, 3.63) is 24.3 Å². The number of rotatable bonds is 20. The molecule has 0 amide bonds. The Labute approximate surface area is 295 Å². The fraction of sp³-hybridized carbons (Fsp3) is 0.562. The Hall–Kier alpha value is -3.54. The molecule has 4 N–H and O–H groups in total. The number of benzene rings is 2. The summed E-state index contributed by atoms with van der Waals surface area (Å²) in [7, 11) is 9.36. The fourth-order valence-corrected chi connectivity index (χ4v) is 4.49. The molecule has 0 saturated heterocycles. The number of hydrogen-bond donors (Lipinski definition) is 4. The van der Waals surface area contributed by atoms with Gasteiger partial charge in [-0.15, -0.1) is 0 Å². The molecule has 0 aliphatic rings. The van der Waals surface area contributed by atoms with Gasteiger partial charge in [0.15, 0.2) is 45.8 Å². The summed E-state index contributed by atoms with van der Waals surface area (Å²) in [5.41, 5.74) is 1.43. The van der Waals surface area contributed by atoms with E-state index in [0.717, 1.165) is 0 Å². The molecule has 16 heteroatoms. The van der Waals surface area contributed by atoms with Gasteiger partial charge in [0.05, 0.1) is 55.7 Å². The van der Waals surface area contributed by atoms with Gasteiger partial charge in [0.25, 0.3) is 0 Å². The monoisotopic (exact) mass is 716 g/mol. The topological polar surface area (TPSA) is 140 Å². The molecule has 2 rings (SSSR count). The summed E-state index contributed by atoms with van der Waals surface area (Å²) in [6.45, 7) is 10.8. The Morgan fingerprint density at radius 2 is 0.771 bits per heavy atom. The Morgan fingerprint density at radius 3 is 0.979 bits per heavy atom. The van der Waals surface area contributed by atoms with E-state index in [4.69, 9.17) is 71.8 Å². The Kier molecular flexibility index (Phi) is 21.8. The van der Waals surface area contributed by atoms with E-state index in [9.17, 15) is 0 Å². The van der Waals surface area contributed by atoms with Crippen molar-refractivity contribution in [2.24, 2.45) is 0 Å². The summed E-state index contributed by atoms with van der Waals surface area (Å²) in [5, 5.41) is 13.2. The summed E-state index contributed by atoms with van der Waals surface area (Å²) in [6.07, 6.45) is -0.695. The van der Waals surface area contributed by atoms with Crippen molar-refractivity contribution in [2.45, 2.75) is 40.3 Å². The summed E-state index contributed by atoms with van der Waals surface area (Å²) in [5.74, 6) is 3.23. The molecule has 2 aromatic carbocycles. The molecule has 0 saturated carbocycles. The van der Waals surface area contributed by atoms with Crippen LogP contribution in [0.1, 0.15) is 27.7 Å². The average Bonchev–Trinajstić information content (AvgIpc) is 3.09. The second-order valence-electron chi connectivity index (χ2n) is 9.18. The van der Waals surface area contributed by atoms with Crippen LogP contribution in [0.4, 0.5) is 11.4 Å². The lowest BCUT2D eigenvalue weighted by Crippen LogP contribution is -2.37. The first-order chi connectivity index (χ1) is 23.2. The minimum absolute atomic E-state index is 0.348. The van der Waals surface area contributed by atoms with Gasteiger partial charge in [0, 0.05) is 62.1 Å². The maximum Gasteiger partial charge on any atom is 0.203 e. The van der Waals surface area contributed by atoms with Crippen LogP contribution < -0.4 is 49.7 Å². The lowest BCUT2D eigenvalue weighted by Gasteiger charge is -2.19. The van der Waals surface area contributed by atoms with Crippen molar-refractivity contribution in [1.29, 1.82) is 0 Å². The molecule has 0 aliphatic heterocycles. The predicted molar refractivity (Wildman–Crippen MR) is 195 cm³/mol. The van der Waals surface area contributed by atoms with Gasteiger partial charge >= 0.3 is 0 Å². The maximum absolute atomic E-state index is 5.46. The van der Waals surface area contributed by atoms with E-state index in [0.29, 0.717) is 95.6 Å². The summed E-state index contributed by atoms with van der Waals surface area (Å²) in [4.78, 5) is 0. The number of nitrogens with one attached hydrogen (secondary N) is 4. The standard InChI is InChI=1S/2C16H26N2O5S/c2*1-6-22-14(23-7-2)10-17-16(24)18-11-8-12(19-3)15(21-5)13(9-11)20-4/h2*8-9,14H,6-7,10H2,1-5H3,(H2,17,18,24). The third-order valence-electron chi connectivity index (χ3n) is 6.11. The van der Waals surface area contributed by atoms with Gasteiger partial charge in [-0.2, -0.15) is 0 Å².